The summed E-state index contributed by atoms with van der Waals surface area (Å²) in [5.41, 5.74) is -0.893. The third-order valence-corrected chi connectivity index (χ3v) is 3.32. The third kappa shape index (κ3) is 2.95. The van der Waals surface area contributed by atoms with Crippen LogP contribution in [0.2, 0.25) is 0 Å². The first kappa shape index (κ1) is 13.0. The molecule has 1 fully saturated rings. The van der Waals surface area contributed by atoms with Crippen LogP contribution in [-0.2, 0) is 9.09 Å². The fourth-order valence-corrected chi connectivity index (χ4v) is 2.78. The summed E-state index contributed by atoms with van der Waals surface area (Å²) in [6, 6.07) is 0. The highest BCUT2D eigenvalue weighted by Crippen LogP contribution is 2.40. The molecule has 1 atom stereocenters. The van der Waals surface area contributed by atoms with Crippen molar-refractivity contribution < 1.29 is 19.2 Å². The lowest BCUT2D eigenvalue weighted by molar-refractivity contribution is -0.254. The summed E-state index contributed by atoms with van der Waals surface area (Å²) in [5, 5.41) is 11.3. The Morgan fingerprint density at radius 1 is 1.27 bits per heavy atom. The second-order valence-electron chi connectivity index (χ2n) is 5.31. The molecular formula is C9H19NO4P+. The fraction of sp³-hybridized carbons (Fsp3) is 1.00. The quantitative estimate of drug-likeness (QED) is 0.718. The minimum absolute atomic E-state index is 0.285. The minimum Gasteiger partial charge on any atom is -0.313 e. The van der Waals surface area contributed by atoms with E-state index in [2.05, 4.69) is 0 Å². The van der Waals surface area contributed by atoms with Gasteiger partial charge in [0.05, 0.1) is 0 Å². The Hall–Kier alpha value is -0.0600. The summed E-state index contributed by atoms with van der Waals surface area (Å²) in [5.74, 6) is 0. The molecule has 5 nitrogen and oxygen atoms in total. The zero-order valence-corrected chi connectivity index (χ0v) is 10.5. The lowest BCUT2D eigenvalue weighted by atomic mass is 9.80. The number of rotatable bonds is 2. The first-order valence-corrected chi connectivity index (χ1v) is 6.10. The van der Waals surface area contributed by atoms with Crippen molar-refractivity contribution in [1.82, 2.24) is 5.06 Å². The Balaban J connectivity index is 2.79. The predicted octanol–water partition coefficient (Wildman–Crippen LogP) is 2.06. The van der Waals surface area contributed by atoms with Crippen molar-refractivity contribution in [3.63, 3.8) is 0 Å². The second kappa shape index (κ2) is 4.07. The van der Waals surface area contributed by atoms with E-state index in [-0.39, 0.29) is 6.10 Å². The molecule has 0 aromatic heterocycles. The van der Waals surface area contributed by atoms with E-state index >= 15 is 0 Å². The van der Waals surface area contributed by atoms with Gasteiger partial charge in [0.15, 0.2) is 0 Å². The predicted molar refractivity (Wildman–Crippen MR) is 55.7 cm³/mol. The van der Waals surface area contributed by atoms with Gasteiger partial charge in [0, 0.05) is 15.6 Å². The molecule has 1 rings (SSSR count). The van der Waals surface area contributed by atoms with Gasteiger partial charge in [-0.1, -0.05) is 0 Å². The molecule has 1 heterocycles. The van der Waals surface area contributed by atoms with Crippen molar-refractivity contribution in [2.75, 3.05) is 0 Å². The maximum Gasteiger partial charge on any atom is 0.694 e. The maximum atomic E-state index is 10.6. The van der Waals surface area contributed by atoms with Gasteiger partial charge in [-0.05, 0) is 40.5 Å². The van der Waals surface area contributed by atoms with Gasteiger partial charge in [-0.25, -0.2) is 0 Å². The number of hydroxylamine groups is 2. The van der Waals surface area contributed by atoms with Crippen molar-refractivity contribution in [2.45, 2.75) is 57.7 Å². The Morgan fingerprint density at radius 2 is 1.67 bits per heavy atom. The van der Waals surface area contributed by atoms with Crippen molar-refractivity contribution >= 4 is 8.25 Å². The van der Waals surface area contributed by atoms with Crippen LogP contribution in [0.5, 0.6) is 0 Å². The summed E-state index contributed by atoms with van der Waals surface area (Å²) >= 11 is 0. The van der Waals surface area contributed by atoms with Crippen LogP contribution in [0.1, 0.15) is 40.5 Å². The first-order chi connectivity index (χ1) is 6.65. The van der Waals surface area contributed by atoms with Crippen LogP contribution in [0.3, 0.4) is 0 Å². The van der Waals surface area contributed by atoms with Crippen molar-refractivity contribution in [2.24, 2.45) is 0 Å². The van der Waals surface area contributed by atoms with Gasteiger partial charge in [-0.15, -0.1) is 9.42 Å². The van der Waals surface area contributed by atoms with Crippen LogP contribution < -0.4 is 0 Å². The Labute approximate surface area is 90.9 Å². The number of hydrogen-bond donors (Lipinski definition) is 2. The van der Waals surface area contributed by atoms with E-state index in [0.717, 1.165) is 0 Å². The van der Waals surface area contributed by atoms with Gasteiger partial charge in [0.1, 0.15) is 6.10 Å². The van der Waals surface area contributed by atoms with Crippen molar-refractivity contribution in [1.29, 1.82) is 0 Å². The van der Waals surface area contributed by atoms with E-state index in [0.29, 0.717) is 12.8 Å². The molecule has 0 aromatic rings. The monoisotopic (exact) mass is 236 g/mol. The molecule has 0 aromatic carbocycles. The molecule has 0 aliphatic carbocycles. The molecule has 88 valence electrons. The van der Waals surface area contributed by atoms with E-state index in [9.17, 15) is 9.77 Å². The molecule has 1 aliphatic heterocycles. The highest BCUT2D eigenvalue weighted by atomic mass is 31.1. The number of nitrogens with zero attached hydrogens (tertiary/aromatic N) is 1. The van der Waals surface area contributed by atoms with Gasteiger partial charge in [0.25, 0.3) is 0 Å². The Bertz CT molecular complexity index is 249. The third-order valence-electron chi connectivity index (χ3n) is 2.84. The standard InChI is InChI=1S/C9H18NO4P/c1-8(2)5-7(14-15(12)13)6-9(3,4)10(8)11/h7,11H,5-6H2,1-4H3/p+1. The van der Waals surface area contributed by atoms with Crippen LogP contribution >= 0.6 is 8.25 Å². The number of piperidine rings is 1. The molecule has 1 aliphatic rings. The zero-order valence-electron chi connectivity index (χ0n) is 9.60. The van der Waals surface area contributed by atoms with E-state index in [1.807, 2.05) is 27.7 Å². The van der Waals surface area contributed by atoms with E-state index < -0.39 is 19.3 Å². The molecule has 0 saturated carbocycles. The summed E-state index contributed by atoms with van der Waals surface area (Å²) in [6.45, 7) is 7.53. The largest absolute Gasteiger partial charge is 0.694 e. The summed E-state index contributed by atoms with van der Waals surface area (Å²) in [6.07, 6.45) is 0.787. The molecule has 6 heteroatoms. The van der Waals surface area contributed by atoms with Crippen LogP contribution in [0, 0.1) is 0 Å². The average molecular weight is 236 g/mol. The zero-order chi connectivity index (χ0) is 11.9. The molecule has 15 heavy (non-hydrogen) atoms. The molecule has 0 spiro atoms. The average Bonchev–Trinajstić information content (AvgIpc) is 1.97. The lowest BCUT2D eigenvalue weighted by Gasteiger charge is -2.49. The number of hydrogen-bond acceptors (Lipinski definition) is 4. The van der Waals surface area contributed by atoms with Gasteiger partial charge in [-0.3, -0.25) is 0 Å². The maximum absolute atomic E-state index is 10.6. The SMILES string of the molecule is CC1(C)CC(O[P+](=O)O)CC(C)(C)N1O. The summed E-state index contributed by atoms with van der Waals surface area (Å²) in [4.78, 5) is 8.72. The normalized spacial score (nSPS) is 27.7. The summed E-state index contributed by atoms with van der Waals surface area (Å²) in [7, 11) is -2.57. The Morgan fingerprint density at radius 3 is 2.00 bits per heavy atom. The highest BCUT2D eigenvalue weighted by molar-refractivity contribution is 7.32. The molecule has 2 N–H and O–H groups in total. The molecule has 1 unspecified atom stereocenters. The van der Waals surface area contributed by atoms with E-state index in [4.69, 9.17) is 9.42 Å². The van der Waals surface area contributed by atoms with Crippen molar-refractivity contribution in [3.8, 4) is 0 Å². The van der Waals surface area contributed by atoms with Crippen LogP contribution in [0.15, 0.2) is 0 Å². The van der Waals surface area contributed by atoms with E-state index in [1.165, 1.54) is 5.06 Å². The minimum atomic E-state index is -2.57. The second-order valence-corrected chi connectivity index (χ2v) is 6.00. The first-order valence-electron chi connectivity index (χ1n) is 4.97. The molecular weight excluding hydrogens is 217 g/mol. The molecule has 0 radical (unpaired) electrons. The molecule has 0 bridgehead atoms. The van der Waals surface area contributed by atoms with Gasteiger partial charge >= 0.3 is 8.25 Å². The van der Waals surface area contributed by atoms with Gasteiger partial charge in [-0.2, -0.15) is 5.06 Å². The van der Waals surface area contributed by atoms with Crippen LogP contribution in [0.4, 0.5) is 0 Å². The lowest BCUT2D eigenvalue weighted by Crippen LogP contribution is -2.60. The Kier molecular flexibility index (Phi) is 3.53. The van der Waals surface area contributed by atoms with Crippen molar-refractivity contribution in [3.05, 3.63) is 0 Å². The smallest absolute Gasteiger partial charge is 0.313 e. The van der Waals surface area contributed by atoms with E-state index in [1.54, 1.807) is 0 Å². The van der Waals surface area contributed by atoms with Crippen LogP contribution in [-0.4, -0.2) is 32.3 Å². The highest BCUT2D eigenvalue weighted by Gasteiger charge is 2.47. The topological polar surface area (TPSA) is 70.0 Å². The van der Waals surface area contributed by atoms with Gasteiger partial charge in [0.2, 0.25) is 0 Å². The molecule has 1 saturated heterocycles. The van der Waals surface area contributed by atoms with Crippen LogP contribution in [0.25, 0.3) is 0 Å². The van der Waals surface area contributed by atoms with Gasteiger partial charge < -0.3 is 5.21 Å². The molecule has 0 amide bonds. The summed E-state index contributed by atoms with van der Waals surface area (Å²) < 4.78 is 15.6. The fourth-order valence-electron chi connectivity index (χ4n) is 2.38.